The van der Waals surface area contributed by atoms with Crippen molar-refractivity contribution in [1.29, 1.82) is 0 Å². The van der Waals surface area contributed by atoms with Crippen molar-refractivity contribution in [2.45, 2.75) is 13.8 Å². The summed E-state index contributed by atoms with van der Waals surface area (Å²) in [5, 5.41) is 0. The Morgan fingerprint density at radius 1 is 1.25 bits per heavy atom. The first-order valence-electron chi connectivity index (χ1n) is 4.90. The molecule has 0 fully saturated rings. The molecule has 0 aliphatic heterocycles. The fourth-order valence-corrected chi connectivity index (χ4v) is 1.49. The Hall–Kier alpha value is -1.97. The summed E-state index contributed by atoms with van der Waals surface area (Å²) in [5.74, 6) is -0.525. The predicted octanol–water partition coefficient (Wildman–Crippen LogP) is 2.19. The number of aromatic amines is 1. The highest BCUT2D eigenvalue weighted by Crippen LogP contribution is 2.21. The summed E-state index contributed by atoms with van der Waals surface area (Å²) < 4.78 is 13.5. The second kappa shape index (κ2) is 3.89. The lowest BCUT2D eigenvalue weighted by molar-refractivity contribution is 0.615. The van der Waals surface area contributed by atoms with Gasteiger partial charge in [0.2, 0.25) is 0 Å². The average Bonchev–Trinajstić information content (AvgIpc) is 2.26. The van der Waals surface area contributed by atoms with Crippen LogP contribution in [-0.2, 0) is 0 Å². The van der Waals surface area contributed by atoms with E-state index < -0.39 is 11.5 Å². The molecule has 82 valence electrons. The van der Waals surface area contributed by atoms with Gasteiger partial charge in [0.25, 0.3) is 0 Å². The van der Waals surface area contributed by atoms with Crippen molar-refractivity contribution in [3.05, 3.63) is 51.8 Å². The fraction of sp³-hybridized carbons (Fsp3) is 0.167. The van der Waals surface area contributed by atoms with Crippen LogP contribution in [0, 0.1) is 19.7 Å². The summed E-state index contributed by atoms with van der Waals surface area (Å²) in [4.78, 5) is 16.7. The normalized spacial score (nSPS) is 10.4. The van der Waals surface area contributed by atoms with Crippen molar-refractivity contribution < 1.29 is 4.39 Å². The molecule has 0 unspecified atom stereocenters. The number of halogens is 1. The maximum atomic E-state index is 13.5. The van der Waals surface area contributed by atoms with E-state index in [9.17, 15) is 9.18 Å². The van der Waals surface area contributed by atoms with Gasteiger partial charge in [0.05, 0.1) is 11.9 Å². The molecule has 0 atom stereocenters. The minimum Gasteiger partial charge on any atom is -0.303 e. The Morgan fingerprint density at radius 3 is 2.69 bits per heavy atom. The van der Waals surface area contributed by atoms with Gasteiger partial charge in [-0.1, -0.05) is 12.1 Å². The molecule has 1 N–H and O–H groups in total. The van der Waals surface area contributed by atoms with E-state index in [0.29, 0.717) is 5.56 Å². The van der Waals surface area contributed by atoms with E-state index in [2.05, 4.69) is 9.97 Å². The number of hydrogen-bond acceptors (Lipinski definition) is 2. The lowest BCUT2D eigenvalue weighted by Crippen LogP contribution is -2.11. The molecule has 1 aromatic carbocycles. The van der Waals surface area contributed by atoms with Crippen LogP contribution in [0.5, 0.6) is 0 Å². The summed E-state index contributed by atoms with van der Waals surface area (Å²) >= 11 is 0. The molecule has 4 heteroatoms. The largest absolute Gasteiger partial charge is 0.345 e. The van der Waals surface area contributed by atoms with E-state index in [0.717, 1.165) is 17.3 Å². The van der Waals surface area contributed by atoms with E-state index in [1.165, 1.54) is 0 Å². The second-order valence-electron chi connectivity index (χ2n) is 3.71. The highest BCUT2D eigenvalue weighted by molar-refractivity contribution is 5.60. The maximum Gasteiger partial charge on any atom is 0.345 e. The number of benzene rings is 1. The first-order valence-corrected chi connectivity index (χ1v) is 4.90. The molecule has 0 aliphatic carbocycles. The van der Waals surface area contributed by atoms with E-state index in [-0.39, 0.29) is 5.69 Å². The number of rotatable bonds is 1. The van der Waals surface area contributed by atoms with E-state index in [4.69, 9.17) is 0 Å². The Kier molecular flexibility index (Phi) is 2.56. The molecule has 2 aromatic rings. The predicted molar refractivity (Wildman–Crippen MR) is 59.7 cm³/mol. The molecule has 0 spiro atoms. The van der Waals surface area contributed by atoms with Gasteiger partial charge < -0.3 is 4.98 Å². The first-order chi connectivity index (χ1) is 7.58. The van der Waals surface area contributed by atoms with Gasteiger partial charge in [-0.3, -0.25) is 0 Å². The summed E-state index contributed by atoms with van der Waals surface area (Å²) in [6.07, 6.45) is 0.934. The molecule has 0 aliphatic rings. The van der Waals surface area contributed by atoms with Crippen LogP contribution in [0.2, 0.25) is 0 Å². The van der Waals surface area contributed by atoms with Crippen molar-refractivity contribution in [3.8, 4) is 11.3 Å². The second-order valence-corrected chi connectivity index (χ2v) is 3.71. The number of aryl methyl sites for hydroxylation is 2. The smallest absolute Gasteiger partial charge is 0.303 e. The first kappa shape index (κ1) is 10.5. The van der Waals surface area contributed by atoms with Gasteiger partial charge in [-0.05, 0) is 31.0 Å². The van der Waals surface area contributed by atoms with Crippen LogP contribution in [0.15, 0.2) is 29.2 Å². The molecule has 2 rings (SSSR count). The maximum absolute atomic E-state index is 13.5. The van der Waals surface area contributed by atoms with Crippen molar-refractivity contribution in [3.63, 3.8) is 0 Å². The Balaban J connectivity index is 2.62. The Morgan fingerprint density at radius 2 is 2.00 bits per heavy atom. The van der Waals surface area contributed by atoms with Crippen LogP contribution in [0.1, 0.15) is 11.1 Å². The van der Waals surface area contributed by atoms with E-state index in [1.54, 1.807) is 6.07 Å². The van der Waals surface area contributed by atoms with Crippen molar-refractivity contribution in [1.82, 2.24) is 9.97 Å². The van der Waals surface area contributed by atoms with Gasteiger partial charge in [0.15, 0.2) is 5.82 Å². The molecule has 3 nitrogen and oxygen atoms in total. The van der Waals surface area contributed by atoms with Gasteiger partial charge in [-0.25, -0.2) is 9.18 Å². The van der Waals surface area contributed by atoms with Gasteiger partial charge in [0, 0.05) is 5.56 Å². The quantitative estimate of drug-likeness (QED) is 0.797. The van der Waals surface area contributed by atoms with E-state index >= 15 is 0 Å². The topological polar surface area (TPSA) is 45.8 Å². The molecule has 0 radical (unpaired) electrons. The summed E-state index contributed by atoms with van der Waals surface area (Å²) in [5.41, 5.74) is 2.47. The lowest BCUT2D eigenvalue weighted by Gasteiger charge is -2.05. The van der Waals surface area contributed by atoms with Crippen LogP contribution in [-0.4, -0.2) is 9.97 Å². The van der Waals surface area contributed by atoms with E-state index in [1.807, 2.05) is 26.0 Å². The van der Waals surface area contributed by atoms with Crippen molar-refractivity contribution in [2.75, 3.05) is 0 Å². The number of H-pyrrole nitrogens is 1. The van der Waals surface area contributed by atoms with Crippen LogP contribution in [0.4, 0.5) is 4.39 Å². The molecule has 0 saturated carbocycles. The molecule has 1 aromatic heterocycles. The van der Waals surface area contributed by atoms with Gasteiger partial charge in [0.1, 0.15) is 0 Å². The molecular formula is C12H11FN2O. The third-order valence-corrected chi connectivity index (χ3v) is 2.56. The monoisotopic (exact) mass is 218 g/mol. The third-order valence-electron chi connectivity index (χ3n) is 2.56. The summed E-state index contributed by atoms with van der Waals surface area (Å²) in [6, 6.07) is 5.50. The molecule has 0 bridgehead atoms. The van der Waals surface area contributed by atoms with Crippen molar-refractivity contribution >= 4 is 0 Å². The Labute approximate surface area is 92.0 Å². The van der Waals surface area contributed by atoms with Crippen LogP contribution < -0.4 is 5.69 Å². The van der Waals surface area contributed by atoms with Gasteiger partial charge in [-0.15, -0.1) is 0 Å². The molecule has 16 heavy (non-hydrogen) atoms. The molecule has 0 saturated heterocycles. The average molecular weight is 218 g/mol. The minimum absolute atomic E-state index is 0.183. The van der Waals surface area contributed by atoms with Gasteiger partial charge >= 0.3 is 5.69 Å². The number of aromatic nitrogens is 2. The fourth-order valence-electron chi connectivity index (χ4n) is 1.49. The molecule has 1 heterocycles. The third kappa shape index (κ3) is 1.86. The van der Waals surface area contributed by atoms with Crippen molar-refractivity contribution in [2.24, 2.45) is 0 Å². The standard InChI is InChI=1S/C12H11FN2O/c1-7-3-4-9(5-8(7)2)11-10(13)6-14-12(16)15-11/h3-6H,1-2H3,(H,14,15,16). The van der Waals surface area contributed by atoms with Gasteiger partial charge in [-0.2, -0.15) is 4.98 Å². The summed E-state index contributed by atoms with van der Waals surface area (Å²) in [7, 11) is 0. The summed E-state index contributed by atoms with van der Waals surface area (Å²) in [6.45, 7) is 3.92. The SMILES string of the molecule is Cc1ccc(-c2[nH]c(=O)ncc2F)cc1C. The number of hydrogen-bond donors (Lipinski definition) is 1. The zero-order valence-corrected chi connectivity index (χ0v) is 9.04. The minimum atomic E-state index is -0.547. The molecular weight excluding hydrogens is 207 g/mol. The van der Waals surface area contributed by atoms with Crippen LogP contribution in [0.25, 0.3) is 11.3 Å². The Bertz CT molecular complexity index is 590. The highest BCUT2D eigenvalue weighted by Gasteiger charge is 2.07. The zero-order chi connectivity index (χ0) is 11.7. The molecule has 0 amide bonds. The number of nitrogens with one attached hydrogen (secondary N) is 1. The number of nitrogens with zero attached hydrogens (tertiary/aromatic N) is 1. The lowest BCUT2D eigenvalue weighted by atomic mass is 10.0. The highest BCUT2D eigenvalue weighted by atomic mass is 19.1. The van der Waals surface area contributed by atoms with Crippen LogP contribution >= 0.6 is 0 Å². The zero-order valence-electron chi connectivity index (χ0n) is 9.04. The van der Waals surface area contributed by atoms with Crippen LogP contribution in [0.3, 0.4) is 0 Å².